The Hall–Kier alpha value is -0.720. The van der Waals surface area contributed by atoms with Crippen LogP contribution in [0.1, 0.15) is 441 Å². The van der Waals surface area contributed by atoms with Crippen molar-refractivity contribution >= 4 is 70.9 Å². The van der Waals surface area contributed by atoms with E-state index in [4.69, 9.17) is 18.9 Å². The molecular formula is C85H164O8S4. The molecule has 0 aromatic heterocycles. The van der Waals surface area contributed by atoms with Crippen LogP contribution in [0.25, 0.3) is 0 Å². The van der Waals surface area contributed by atoms with Crippen LogP contribution < -0.4 is 0 Å². The van der Waals surface area contributed by atoms with Crippen molar-refractivity contribution in [2.75, 3.05) is 49.4 Å². The van der Waals surface area contributed by atoms with Gasteiger partial charge in [0.1, 0.15) is 31.8 Å². The van der Waals surface area contributed by atoms with Crippen LogP contribution in [0.3, 0.4) is 0 Å². The quantitative estimate of drug-likeness (QED) is 0.0329. The number of ether oxygens (including phenoxy) is 4. The van der Waals surface area contributed by atoms with Gasteiger partial charge < -0.3 is 18.9 Å². The molecule has 576 valence electrons. The Morgan fingerprint density at radius 3 is 0.474 bits per heavy atom. The topological polar surface area (TPSA) is 105 Å². The van der Waals surface area contributed by atoms with E-state index in [-0.39, 0.29) is 97.0 Å². The minimum absolute atomic E-state index is 0.0629. The number of rotatable bonds is 80. The molecule has 0 heterocycles. The first kappa shape index (κ1) is 96.3. The van der Waals surface area contributed by atoms with Gasteiger partial charge in [-0.3, -0.25) is 19.2 Å². The fourth-order valence-corrected chi connectivity index (χ4v) is 17.0. The van der Waals surface area contributed by atoms with Crippen LogP contribution in [0.5, 0.6) is 0 Å². The first-order chi connectivity index (χ1) is 47.4. The van der Waals surface area contributed by atoms with Crippen LogP contribution in [-0.4, -0.2) is 94.3 Å². The van der Waals surface area contributed by atoms with Crippen molar-refractivity contribution in [2.24, 2.45) is 5.41 Å². The molecule has 0 rings (SSSR count). The molecule has 0 amide bonds. The van der Waals surface area contributed by atoms with Gasteiger partial charge in [-0.05, 0) is 48.7 Å². The summed E-state index contributed by atoms with van der Waals surface area (Å²) in [5, 5.41) is 0.252. The van der Waals surface area contributed by atoms with Gasteiger partial charge in [0.05, 0.1) is 25.7 Å². The van der Waals surface area contributed by atoms with E-state index in [0.717, 1.165) is 48.7 Å². The van der Waals surface area contributed by atoms with Crippen LogP contribution in [0.15, 0.2) is 0 Å². The molecule has 0 aliphatic rings. The smallest absolute Gasteiger partial charge is 0.306 e. The van der Waals surface area contributed by atoms with E-state index in [0.29, 0.717) is 0 Å². The lowest BCUT2D eigenvalue weighted by atomic mass is 9.92. The average Bonchev–Trinajstić information content (AvgIpc) is 0.939. The van der Waals surface area contributed by atoms with Gasteiger partial charge in [0, 0.05) is 21.0 Å². The SMILES string of the molecule is CCCCCCCCCCCCCCCCSC(C)CC(=O)OCC(COC(=O)CC(C)SCCCCCCCCCCCCCCCC)(COC(=O)CC(C)SCCCCCCCCCCCCCCCC)COC(=O)CC(C)SCCCCCCCCCCCCCCCC. The van der Waals surface area contributed by atoms with Crippen molar-refractivity contribution in [3.63, 3.8) is 0 Å². The zero-order chi connectivity index (χ0) is 70.9. The van der Waals surface area contributed by atoms with Gasteiger partial charge in [-0.1, -0.05) is 389 Å². The number of esters is 4. The Labute approximate surface area is 621 Å². The highest BCUT2D eigenvalue weighted by atomic mass is 32.2. The molecule has 0 N–H and O–H groups in total. The lowest BCUT2D eigenvalue weighted by Gasteiger charge is -2.32. The second-order valence-electron chi connectivity index (χ2n) is 30.1. The third-order valence-electron chi connectivity index (χ3n) is 19.6. The first-order valence-electron chi connectivity index (χ1n) is 42.5. The zero-order valence-electron chi connectivity index (χ0n) is 65.8. The van der Waals surface area contributed by atoms with Crippen LogP contribution in [-0.2, 0) is 38.1 Å². The monoisotopic (exact) mass is 1440 g/mol. The second kappa shape index (κ2) is 76.4. The van der Waals surface area contributed by atoms with E-state index in [1.165, 1.54) is 334 Å². The Morgan fingerprint density at radius 1 is 0.216 bits per heavy atom. The summed E-state index contributed by atoms with van der Waals surface area (Å²) in [6.45, 7) is 16.7. The zero-order valence-corrected chi connectivity index (χ0v) is 69.1. The van der Waals surface area contributed by atoms with E-state index in [9.17, 15) is 19.2 Å². The lowest BCUT2D eigenvalue weighted by Crippen LogP contribution is -2.44. The van der Waals surface area contributed by atoms with Crippen molar-refractivity contribution < 1.29 is 38.1 Å². The number of hydrogen-bond donors (Lipinski definition) is 0. The fourth-order valence-electron chi connectivity index (χ4n) is 12.9. The number of unbranched alkanes of at least 4 members (excludes halogenated alkanes) is 52. The molecule has 0 bridgehead atoms. The molecule has 97 heavy (non-hydrogen) atoms. The third-order valence-corrected chi connectivity index (χ3v) is 24.6. The van der Waals surface area contributed by atoms with E-state index in [1.807, 2.05) is 47.0 Å². The maximum absolute atomic E-state index is 13.8. The summed E-state index contributed by atoms with van der Waals surface area (Å²) in [4.78, 5) is 55.2. The Balaban J connectivity index is 5.73. The molecule has 0 spiro atoms. The molecule has 0 saturated heterocycles. The highest BCUT2D eigenvalue weighted by molar-refractivity contribution is 8.00. The van der Waals surface area contributed by atoms with Crippen LogP contribution in [0.2, 0.25) is 0 Å². The van der Waals surface area contributed by atoms with Crippen molar-refractivity contribution in [3.05, 3.63) is 0 Å². The van der Waals surface area contributed by atoms with Gasteiger partial charge >= 0.3 is 23.9 Å². The van der Waals surface area contributed by atoms with Gasteiger partial charge in [0.25, 0.3) is 0 Å². The molecule has 0 aromatic carbocycles. The summed E-state index contributed by atoms with van der Waals surface area (Å²) in [5.74, 6) is 2.58. The summed E-state index contributed by atoms with van der Waals surface area (Å²) in [6, 6.07) is 0. The molecule has 0 aliphatic heterocycles. The molecule has 0 fully saturated rings. The van der Waals surface area contributed by atoms with Gasteiger partial charge in [-0.25, -0.2) is 0 Å². The standard InChI is InChI=1S/C85H164O8S4/c1-9-13-17-21-25-29-33-37-41-45-49-53-57-61-65-94-77(5)69-81(86)90-73-85(74-91-82(87)70-78(6)95-66-62-58-54-50-46-42-38-34-30-26-22-18-14-10-2,75-92-83(88)71-79(7)96-67-63-59-55-51-47-43-39-35-31-27-23-19-15-11-3)76-93-84(89)72-80(8)97-68-64-60-56-52-48-44-40-36-32-28-24-20-16-12-4/h77-80H,9-76H2,1-8H3. The Kier molecular flexibility index (Phi) is 75.8. The molecular weight excluding hydrogens is 1280 g/mol. The number of thioether (sulfide) groups is 4. The fraction of sp³-hybridized carbons (Fsp3) is 0.953. The summed E-state index contributed by atoms with van der Waals surface area (Å²) in [6.07, 6.45) is 75.5. The lowest BCUT2D eigenvalue weighted by molar-refractivity contribution is -0.170. The highest BCUT2D eigenvalue weighted by Crippen LogP contribution is 2.28. The second-order valence-corrected chi connectivity index (χ2v) is 36.3. The largest absolute Gasteiger partial charge is 0.465 e. The van der Waals surface area contributed by atoms with E-state index < -0.39 is 5.41 Å². The van der Waals surface area contributed by atoms with Crippen molar-refractivity contribution in [1.29, 1.82) is 0 Å². The van der Waals surface area contributed by atoms with Crippen LogP contribution in [0, 0.1) is 5.41 Å². The van der Waals surface area contributed by atoms with E-state index in [1.54, 1.807) is 0 Å². The third kappa shape index (κ3) is 72.0. The van der Waals surface area contributed by atoms with Gasteiger partial charge in [0.15, 0.2) is 0 Å². The van der Waals surface area contributed by atoms with E-state index in [2.05, 4.69) is 55.4 Å². The van der Waals surface area contributed by atoms with Crippen molar-refractivity contribution in [1.82, 2.24) is 0 Å². The van der Waals surface area contributed by atoms with Gasteiger partial charge in [-0.15, -0.1) is 0 Å². The molecule has 8 nitrogen and oxygen atoms in total. The van der Waals surface area contributed by atoms with Gasteiger partial charge in [0.2, 0.25) is 0 Å². The molecule has 12 heteroatoms. The first-order valence-corrected chi connectivity index (χ1v) is 46.7. The minimum atomic E-state index is -1.28. The van der Waals surface area contributed by atoms with Crippen LogP contribution >= 0.6 is 47.0 Å². The maximum atomic E-state index is 13.8. The van der Waals surface area contributed by atoms with Crippen molar-refractivity contribution in [2.45, 2.75) is 462 Å². The maximum Gasteiger partial charge on any atom is 0.306 e. The molecule has 4 atom stereocenters. The summed E-state index contributed by atoms with van der Waals surface area (Å²) < 4.78 is 24.5. The van der Waals surface area contributed by atoms with E-state index >= 15 is 0 Å². The Bertz CT molecular complexity index is 1430. The van der Waals surface area contributed by atoms with Gasteiger partial charge in [-0.2, -0.15) is 47.0 Å². The predicted octanol–water partition coefficient (Wildman–Crippen LogP) is 28.1. The number of carbonyl (C=O) groups is 4. The number of carbonyl (C=O) groups excluding carboxylic acids is 4. The molecule has 0 aromatic rings. The number of hydrogen-bond acceptors (Lipinski definition) is 12. The molecule has 0 radical (unpaired) electrons. The summed E-state index contributed by atoms with van der Waals surface area (Å²) in [7, 11) is 0. The average molecular weight is 1440 g/mol. The predicted molar refractivity (Wildman–Crippen MR) is 434 cm³/mol. The van der Waals surface area contributed by atoms with Crippen LogP contribution in [0.4, 0.5) is 0 Å². The highest BCUT2D eigenvalue weighted by Gasteiger charge is 2.38. The molecule has 0 aliphatic carbocycles. The Morgan fingerprint density at radius 2 is 0.340 bits per heavy atom. The summed E-state index contributed by atoms with van der Waals surface area (Å²) in [5.41, 5.74) is -1.28. The molecule has 4 unspecified atom stereocenters. The summed E-state index contributed by atoms with van der Waals surface area (Å²) >= 11 is 7.26. The van der Waals surface area contributed by atoms with Crippen molar-refractivity contribution in [3.8, 4) is 0 Å². The normalized spacial score (nSPS) is 13.5. The molecule has 0 saturated carbocycles. The minimum Gasteiger partial charge on any atom is -0.465 e.